The normalized spacial score (nSPS) is 53.4. The summed E-state index contributed by atoms with van der Waals surface area (Å²) < 4.78 is 5.26. The Morgan fingerprint density at radius 3 is 3.10 bits per heavy atom. The summed E-state index contributed by atoms with van der Waals surface area (Å²) in [5.74, 6) is 0. The van der Waals surface area contributed by atoms with Crippen molar-refractivity contribution in [3.63, 3.8) is 0 Å². The van der Waals surface area contributed by atoms with E-state index in [4.69, 9.17) is 16.3 Å². The highest BCUT2D eigenvalue weighted by Crippen LogP contribution is 2.25. The van der Waals surface area contributed by atoms with E-state index in [1.807, 2.05) is 0 Å². The van der Waals surface area contributed by atoms with E-state index in [0.717, 1.165) is 6.54 Å². The average molecular weight is 164 g/mol. The zero-order valence-electron chi connectivity index (χ0n) is 5.46. The van der Waals surface area contributed by atoms with Crippen LogP contribution in [0.4, 0.5) is 0 Å². The van der Waals surface area contributed by atoms with Gasteiger partial charge in [0.25, 0.3) is 0 Å². The predicted octanol–water partition coefficient (Wildman–Crippen LogP) is -0.675. The van der Waals surface area contributed by atoms with Crippen molar-refractivity contribution in [1.29, 1.82) is 0 Å². The Morgan fingerprint density at radius 1 is 1.60 bits per heavy atom. The monoisotopic (exact) mass is 163 g/mol. The Kier molecular flexibility index (Phi) is 1.60. The maximum Gasteiger partial charge on any atom is 0.0952 e. The number of hydrogen-bond acceptors (Lipinski definition) is 3. The molecule has 3 nitrogen and oxygen atoms in total. The maximum absolute atomic E-state index is 9.27. The molecule has 0 radical (unpaired) electrons. The highest BCUT2D eigenvalue weighted by Gasteiger charge is 2.44. The topological polar surface area (TPSA) is 41.5 Å². The molecule has 0 aromatic rings. The molecule has 2 aliphatic rings. The lowest BCUT2D eigenvalue weighted by atomic mass is 10.1. The number of aliphatic hydroxyl groups excluding tert-OH is 1. The second-order valence-electron chi connectivity index (χ2n) is 2.82. The number of ether oxygens (including phenoxy) is 1. The Labute approximate surface area is 64.3 Å². The number of hydrogen-bond donors (Lipinski definition) is 2. The Morgan fingerprint density at radius 2 is 2.40 bits per heavy atom. The van der Waals surface area contributed by atoms with Gasteiger partial charge in [0.2, 0.25) is 0 Å². The van der Waals surface area contributed by atoms with Gasteiger partial charge in [0.1, 0.15) is 0 Å². The number of aliphatic hydroxyl groups is 1. The fraction of sp³-hybridized carbons (Fsp3) is 1.00. The molecule has 58 valence electrons. The lowest BCUT2D eigenvalue weighted by Gasteiger charge is -2.10. The van der Waals surface area contributed by atoms with Crippen LogP contribution in [0.25, 0.3) is 0 Å². The molecule has 2 heterocycles. The molecular weight excluding hydrogens is 154 g/mol. The third-order valence-corrected chi connectivity index (χ3v) is 2.54. The van der Waals surface area contributed by atoms with Crippen molar-refractivity contribution in [2.75, 3.05) is 13.2 Å². The minimum atomic E-state index is -0.367. The number of alkyl halides is 1. The number of nitrogens with one attached hydrogen (secondary N) is 1. The molecule has 4 heteroatoms. The van der Waals surface area contributed by atoms with E-state index >= 15 is 0 Å². The zero-order valence-corrected chi connectivity index (χ0v) is 6.21. The summed E-state index contributed by atoms with van der Waals surface area (Å²) in [6, 6.07) is 0.0718. The van der Waals surface area contributed by atoms with E-state index in [1.165, 1.54) is 0 Å². The van der Waals surface area contributed by atoms with Crippen LogP contribution in [0.15, 0.2) is 0 Å². The Hall–Kier alpha value is 0.170. The third kappa shape index (κ3) is 0.855. The first-order valence-corrected chi connectivity index (χ1v) is 3.90. The molecule has 3 unspecified atom stereocenters. The number of halogens is 1. The smallest absolute Gasteiger partial charge is 0.0952 e. The summed E-state index contributed by atoms with van der Waals surface area (Å²) in [5.41, 5.74) is 0. The van der Waals surface area contributed by atoms with Crippen LogP contribution < -0.4 is 5.32 Å². The van der Waals surface area contributed by atoms with Gasteiger partial charge in [0.05, 0.1) is 30.2 Å². The zero-order chi connectivity index (χ0) is 7.14. The van der Waals surface area contributed by atoms with E-state index in [9.17, 15) is 5.11 Å². The van der Waals surface area contributed by atoms with Gasteiger partial charge in [0.15, 0.2) is 0 Å². The summed E-state index contributed by atoms with van der Waals surface area (Å²) in [6.07, 6.45) is -0.342. The second kappa shape index (κ2) is 2.34. The molecule has 4 atom stereocenters. The van der Waals surface area contributed by atoms with Crippen LogP contribution in [0.5, 0.6) is 0 Å². The summed E-state index contributed by atoms with van der Waals surface area (Å²) in [5, 5.41) is 12.4. The first-order valence-electron chi connectivity index (χ1n) is 3.46. The Bertz CT molecular complexity index is 128. The maximum atomic E-state index is 9.27. The fourth-order valence-corrected chi connectivity index (χ4v) is 1.90. The van der Waals surface area contributed by atoms with Crippen molar-refractivity contribution in [1.82, 2.24) is 5.32 Å². The molecule has 0 amide bonds. The molecule has 0 aliphatic carbocycles. The highest BCUT2D eigenvalue weighted by molar-refractivity contribution is 6.21. The summed E-state index contributed by atoms with van der Waals surface area (Å²) >= 11 is 5.88. The molecular formula is C6H10ClNO2. The minimum absolute atomic E-state index is 0.0247. The van der Waals surface area contributed by atoms with Gasteiger partial charge in [-0.2, -0.15) is 0 Å². The van der Waals surface area contributed by atoms with Gasteiger partial charge in [-0.1, -0.05) is 0 Å². The first-order chi connectivity index (χ1) is 4.79. The van der Waals surface area contributed by atoms with E-state index in [-0.39, 0.29) is 23.6 Å². The predicted molar refractivity (Wildman–Crippen MR) is 37.2 cm³/mol. The molecule has 10 heavy (non-hydrogen) atoms. The molecule has 2 fully saturated rings. The fourth-order valence-electron chi connectivity index (χ4n) is 1.58. The van der Waals surface area contributed by atoms with E-state index in [0.29, 0.717) is 6.61 Å². The van der Waals surface area contributed by atoms with Crippen molar-refractivity contribution in [2.24, 2.45) is 0 Å². The first kappa shape index (κ1) is 6.85. The summed E-state index contributed by atoms with van der Waals surface area (Å²) in [6.45, 7) is 1.17. The summed E-state index contributed by atoms with van der Waals surface area (Å²) in [4.78, 5) is 0. The van der Waals surface area contributed by atoms with Gasteiger partial charge >= 0.3 is 0 Å². The van der Waals surface area contributed by atoms with Gasteiger partial charge < -0.3 is 15.2 Å². The van der Waals surface area contributed by atoms with Crippen LogP contribution in [-0.4, -0.2) is 41.9 Å². The summed E-state index contributed by atoms with van der Waals surface area (Å²) in [7, 11) is 0. The molecule has 2 N–H and O–H groups in total. The number of fused-ring (bicyclic) bond motifs is 1. The molecule has 2 saturated heterocycles. The van der Waals surface area contributed by atoms with E-state index in [1.54, 1.807) is 0 Å². The van der Waals surface area contributed by atoms with Crippen LogP contribution >= 0.6 is 11.6 Å². The molecule has 0 aromatic heterocycles. The van der Waals surface area contributed by atoms with Crippen LogP contribution in [0, 0.1) is 0 Å². The van der Waals surface area contributed by atoms with Crippen molar-refractivity contribution in [3.05, 3.63) is 0 Å². The molecule has 0 spiro atoms. The molecule has 0 saturated carbocycles. The molecule has 0 bridgehead atoms. The van der Waals surface area contributed by atoms with Crippen LogP contribution in [0.2, 0.25) is 0 Å². The van der Waals surface area contributed by atoms with Crippen LogP contribution in [0.1, 0.15) is 0 Å². The van der Waals surface area contributed by atoms with Crippen LogP contribution in [0.3, 0.4) is 0 Å². The quantitative estimate of drug-likeness (QED) is 0.466. The third-order valence-electron chi connectivity index (χ3n) is 2.13. The van der Waals surface area contributed by atoms with Crippen molar-refractivity contribution in [3.8, 4) is 0 Å². The standard InChI is InChI=1S/C6H10ClNO2/c7-3-1-8-5-4(9)2-10-6(3)5/h3-6,8-9H,1-2H2/t3-,4?,5?,6?/m0/s1. The lowest BCUT2D eigenvalue weighted by molar-refractivity contribution is 0.0890. The average Bonchev–Trinajstić information content (AvgIpc) is 2.41. The SMILES string of the molecule is OC1COC2C1NC[C@@H]2Cl. The largest absolute Gasteiger partial charge is 0.389 e. The van der Waals surface area contributed by atoms with Gasteiger partial charge in [0, 0.05) is 6.54 Å². The van der Waals surface area contributed by atoms with Crippen molar-refractivity contribution < 1.29 is 9.84 Å². The Balaban J connectivity index is 2.09. The second-order valence-corrected chi connectivity index (χ2v) is 3.38. The van der Waals surface area contributed by atoms with Gasteiger partial charge in [-0.25, -0.2) is 0 Å². The number of rotatable bonds is 0. The van der Waals surface area contributed by atoms with Crippen molar-refractivity contribution in [2.45, 2.75) is 23.6 Å². The van der Waals surface area contributed by atoms with Crippen molar-refractivity contribution >= 4 is 11.6 Å². The van der Waals surface area contributed by atoms with Crippen LogP contribution in [-0.2, 0) is 4.74 Å². The van der Waals surface area contributed by atoms with Gasteiger partial charge in [-0.15, -0.1) is 11.6 Å². The molecule has 2 rings (SSSR count). The van der Waals surface area contributed by atoms with E-state index in [2.05, 4.69) is 5.32 Å². The molecule has 2 aliphatic heterocycles. The van der Waals surface area contributed by atoms with Gasteiger partial charge in [-0.05, 0) is 0 Å². The minimum Gasteiger partial charge on any atom is -0.389 e. The van der Waals surface area contributed by atoms with Gasteiger partial charge in [-0.3, -0.25) is 0 Å². The van der Waals surface area contributed by atoms with E-state index < -0.39 is 0 Å². The molecule has 0 aromatic carbocycles. The lowest BCUT2D eigenvalue weighted by Crippen LogP contribution is -2.36. The highest BCUT2D eigenvalue weighted by atomic mass is 35.5.